The maximum Gasteiger partial charge on any atom is 0.242 e. The Labute approximate surface area is 203 Å². The zero-order valence-electron chi connectivity index (χ0n) is 19.4. The number of hydrogen-bond donors (Lipinski definition) is 0. The Morgan fingerprint density at radius 1 is 1.00 bits per heavy atom. The summed E-state index contributed by atoms with van der Waals surface area (Å²) in [6, 6.07) is 16.9. The molecule has 4 aromatic rings. The molecule has 0 aliphatic heterocycles. The molecule has 174 valence electrons. The molecule has 9 heteroatoms. The van der Waals surface area contributed by atoms with Crippen LogP contribution in [-0.2, 0) is 10.0 Å². The highest BCUT2D eigenvalue weighted by molar-refractivity contribution is 7.89. The first-order valence-electron chi connectivity index (χ1n) is 10.6. The Hall–Kier alpha value is -3.40. The second kappa shape index (κ2) is 9.84. The van der Waals surface area contributed by atoms with Crippen LogP contribution < -0.4 is 4.80 Å². The summed E-state index contributed by atoms with van der Waals surface area (Å²) in [6.45, 7) is 3.95. The molecule has 7 nitrogen and oxygen atoms in total. The first-order chi connectivity index (χ1) is 16.3. The molecule has 2 aromatic carbocycles. The number of benzene rings is 2. The lowest BCUT2D eigenvalue weighted by molar-refractivity contribution is 0.521. The van der Waals surface area contributed by atoms with Crippen LogP contribution in [0.5, 0.6) is 0 Å². The monoisotopic (exact) mass is 491 g/mol. The summed E-state index contributed by atoms with van der Waals surface area (Å²) in [5, 5.41) is 6.72. The van der Waals surface area contributed by atoms with Gasteiger partial charge in [-0.25, -0.2) is 22.4 Å². The van der Waals surface area contributed by atoms with Crippen molar-refractivity contribution in [3.63, 3.8) is 0 Å². The fourth-order valence-corrected chi connectivity index (χ4v) is 4.94. The van der Waals surface area contributed by atoms with Gasteiger partial charge >= 0.3 is 0 Å². The predicted molar refractivity (Wildman–Crippen MR) is 137 cm³/mol. The molecule has 0 spiro atoms. The fraction of sp³-hybridized carbons (Fsp3) is 0.160. The van der Waals surface area contributed by atoms with Crippen LogP contribution in [0.2, 0.25) is 0 Å². The van der Waals surface area contributed by atoms with Gasteiger partial charge in [-0.2, -0.15) is 5.10 Å². The third-order valence-electron chi connectivity index (χ3n) is 5.24. The summed E-state index contributed by atoms with van der Waals surface area (Å²) in [7, 11) is -0.543. The number of hydrogen-bond acceptors (Lipinski definition) is 6. The van der Waals surface area contributed by atoms with Gasteiger partial charge in [0.2, 0.25) is 14.8 Å². The molecule has 34 heavy (non-hydrogen) atoms. The van der Waals surface area contributed by atoms with Crippen LogP contribution in [0.25, 0.3) is 11.3 Å². The summed E-state index contributed by atoms with van der Waals surface area (Å²) in [5.74, 6) is 0. The van der Waals surface area contributed by atoms with Gasteiger partial charge in [-0.3, -0.25) is 4.98 Å². The molecule has 0 atom stereocenters. The zero-order chi connectivity index (χ0) is 24.3. The van der Waals surface area contributed by atoms with Crippen molar-refractivity contribution in [3.05, 3.63) is 93.9 Å². The minimum atomic E-state index is -3.57. The van der Waals surface area contributed by atoms with Gasteiger partial charge in [0.15, 0.2) is 0 Å². The van der Waals surface area contributed by atoms with E-state index in [-0.39, 0.29) is 4.90 Å². The average Bonchev–Trinajstić information content (AvgIpc) is 3.22. The van der Waals surface area contributed by atoms with Crippen LogP contribution in [-0.4, -0.2) is 42.7 Å². The molecule has 2 aromatic heterocycles. The smallest absolute Gasteiger partial charge is 0.242 e. The number of rotatable bonds is 6. The third kappa shape index (κ3) is 5.06. The van der Waals surface area contributed by atoms with Crippen molar-refractivity contribution in [2.24, 2.45) is 10.1 Å². The van der Waals surface area contributed by atoms with Crippen LogP contribution >= 0.6 is 11.3 Å². The highest BCUT2D eigenvalue weighted by atomic mass is 32.2. The normalized spacial score (nSPS) is 12.7. The number of aromatic nitrogens is 2. The van der Waals surface area contributed by atoms with Crippen molar-refractivity contribution < 1.29 is 8.42 Å². The van der Waals surface area contributed by atoms with Crippen molar-refractivity contribution >= 4 is 33.3 Å². The average molecular weight is 492 g/mol. The van der Waals surface area contributed by atoms with Crippen LogP contribution in [0.4, 0.5) is 5.69 Å². The Kier molecular flexibility index (Phi) is 6.87. The molecule has 0 amide bonds. The van der Waals surface area contributed by atoms with E-state index in [1.54, 1.807) is 41.5 Å². The fourth-order valence-electron chi connectivity index (χ4n) is 3.17. The van der Waals surface area contributed by atoms with Crippen LogP contribution in [0.1, 0.15) is 16.7 Å². The van der Waals surface area contributed by atoms with E-state index in [2.05, 4.69) is 29.2 Å². The van der Waals surface area contributed by atoms with Gasteiger partial charge < -0.3 is 0 Å². The largest absolute Gasteiger partial charge is 0.265 e. The first-order valence-corrected chi connectivity index (χ1v) is 12.9. The van der Waals surface area contributed by atoms with Gasteiger partial charge in [0.25, 0.3) is 0 Å². The standard InChI is InChI=1S/C25H25N5O2S2/c1-18-5-8-21(9-6-18)24-17-33-25(30(24)27-16-20-11-13-26-14-12-20)28-23-15-22(10-7-19(23)2)34(31,32)29(3)4/h5-17H,1-4H3/b27-16+,28-25?. The van der Waals surface area contributed by atoms with Gasteiger partial charge in [-0.1, -0.05) is 35.9 Å². The lowest BCUT2D eigenvalue weighted by Crippen LogP contribution is -2.22. The van der Waals surface area contributed by atoms with E-state index in [0.717, 1.165) is 22.4 Å². The molecule has 0 bridgehead atoms. The lowest BCUT2D eigenvalue weighted by atomic mass is 10.1. The minimum absolute atomic E-state index is 0.198. The topological polar surface area (TPSA) is 79.9 Å². The maximum absolute atomic E-state index is 12.6. The number of pyridine rings is 1. The maximum atomic E-state index is 12.6. The van der Waals surface area contributed by atoms with Crippen LogP contribution in [0, 0.1) is 13.8 Å². The molecule has 0 saturated carbocycles. The van der Waals surface area contributed by atoms with E-state index in [1.807, 2.05) is 31.4 Å². The Morgan fingerprint density at radius 3 is 2.38 bits per heavy atom. The SMILES string of the molecule is Cc1ccc(-c2csc(=Nc3cc(S(=O)(=O)N(C)C)ccc3C)n2/N=C/c2ccncc2)cc1. The van der Waals surface area contributed by atoms with Crippen molar-refractivity contribution in [3.8, 4) is 11.3 Å². The van der Waals surface area contributed by atoms with E-state index < -0.39 is 10.0 Å². The van der Waals surface area contributed by atoms with E-state index in [1.165, 1.54) is 35.3 Å². The van der Waals surface area contributed by atoms with Gasteiger partial charge in [0.1, 0.15) is 0 Å². The van der Waals surface area contributed by atoms with Crippen molar-refractivity contribution in [1.29, 1.82) is 0 Å². The van der Waals surface area contributed by atoms with E-state index in [0.29, 0.717) is 10.5 Å². The molecule has 4 rings (SSSR count). The molecular formula is C25H25N5O2S2. The quantitative estimate of drug-likeness (QED) is 0.370. The zero-order valence-corrected chi connectivity index (χ0v) is 21.0. The molecule has 2 heterocycles. The highest BCUT2D eigenvalue weighted by Gasteiger charge is 2.18. The van der Waals surface area contributed by atoms with Crippen molar-refractivity contribution in [2.75, 3.05) is 14.1 Å². The van der Waals surface area contributed by atoms with E-state index >= 15 is 0 Å². The summed E-state index contributed by atoms with van der Waals surface area (Å²) in [4.78, 5) is 9.70. The number of aryl methyl sites for hydroxylation is 2. The summed E-state index contributed by atoms with van der Waals surface area (Å²) in [5.41, 5.74) is 5.43. The van der Waals surface area contributed by atoms with Gasteiger partial charge in [0, 0.05) is 37.4 Å². The molecule has 0 aliphatic carbocycles. The van der Waals surface area contributed by atoms with Gasteiger partial charge in [0.05, 0.1) is 22.5 Å². The lowest BCUT2D eigenvalue weighted by Gasteiger charge is -2.12. The van der Waals surface area contributed by atoms with E-state index in [4.69, 9.17) is 10.1 Å². The van der Waals surface area contributed by atoms with Crippen LogP contribution in [0.15, 0.2) is 87.4 Å². The van der Waals surface area contributed by atoms with Gasteiger partial charge in [-0.15, -0.1) is 11.3 Å². The van der Waals surface area contributed by atoms with E-state index in [9.17, 15) is 8.42 Å². The molecule has 0 aliphatic rings. The second-order valence-corrected chi connectivity index (χ2v) is 10.9. The Bertz CT molecular complexity index is 1500. The molecule has 0 saturated heterocycles. The first kappa shape index (κ1) is 23.7. The summed E-state index contributed by atoms with van der Waals surface area (Å²) >= 11 is 1.44. The Balaban J connectivity index is 1.88. The second-order valence-electron chi connectivity index (χ2n) is 7.95. The third-order valence-corrected chi connectivity index (χ3v) is 7.86. The minimum Gasteiger partial charge on any atom is -0.265 e. The van der Waals surface area contributed by atoms with Crippen LogP contribution in [0.3, 0.4) is 0 Å². The molecule has 0 N–H and O–H groups in total. The predicted octanol–water partition coefficient (Wildman–Crippen LogP) is 4.59. The van der Waals surface area contributed by atoms with Crippen molar-refractivity contribution in [1.82, 2.24) is 14.0 Å². The molecule has 0 radical (unpaired) electrons. The van der Waals surface area contributed by atoms with Crippen molar-refractivity contribution in [2.45, 2.75) is 18.7 Å². The molecule has 0 unspecified atom stereocenters. The number of nitrogens with zero attached hydrogens (tertiary/aromatic N) is 5. The molecular weight excluding hydrogens is 466 g/mol. The summed E-state index contributed by atoms with van der Waals surface area (Å²) in [6.07, 6.45) is 5.18. The number of sulfonamides is 1. The summed E-state index contributed by atoms with van der Waals surface area (Å²) < 4.78 is 28.3. The highest BCUT2D eigenvalue weighted by Crippen LogP contribution is 2.25. The Morgan fingerprint density at radius 2 is 1.71 bits per heavy atom. The number of thiazole rings is 1. The molecule has 0 fully saturated rings. The van der Waals surface area contributed by atoms with Gasteiger partial charge in [-0.05, 0) is 49.2 Å².